The number of ether oxygens (including phenoxy) is 2. The van der Waals surface area contributed by atoms with Crippen LogP contribution in [0.2, 0.25) is 0 Å². The van der Waals surface area contributed by atoms with E-state index in [9.17, 15) is 8.42 Å². The molecule has 0 N–H and O–H groups in total. The van der Waals surface area contributed by atoms with Gasteiger partial charge in [-0.15, -0.1) is 0 Å². The molecule has 0 unspecified atom stereocenters. The van der Waals surface area contributed by atoms with Crippen LogP contribution in [-0.4, -0.2) is 44.3 Å². The van der Waals surface area contributed by atoms with Crippen molar-refractivity contribution in [2.75, 3.05) is 19.8 Å². The van der Waals surface area contributed by atoms with Crippen molar-refractivity contribution in [1.29, 1.82) is 0 Å². The van der Waals surface area contributed by atoms with E-state index in [1.807, 2.05) is 19.1 Å². The largest absolute Gasteiger partial charge is 0.348 e. The maximum absolute atomic E-state index is 13.1. The van der Waals surface area contributed by atoms with Crippen LogP contribution in [0.5, 0.6) is 0 Å². The summed E-state index contributed by atoms with van der Waals surface area (Å²) < 4.78 is 39.4. The van der Waals surface area contributed by atoms with Gasteiger partial charge >= 0.3 is 0 Å². The van der Waals surface area contributed by atoms with Crippen LogP contribution in [0.3, 0.4) is 0 Å². The van der Waals surface area contributed by atoms with Gasteiger partial charge in [0.1, 0.15) is 0 Å². The summed E-state index contributed by atoms with van der Waals surface area (Å²) in [7, 11) is -3.44. The molecule has 1 saturated carbocycles. The van der Waals surface area contributed by atoms with Crippen LogP contribution in [0.4, 0.5) is 0 Å². The molecule has 142 valence electrons. The van der Waals surface area contributed by atoms with Crippen molar-refractivity contribution in [2.24, 2.45) is 0 Å². The van der Waals surface area contributed by atoms with Gasteiger partial charge in [-0.1, -0.05) is 29.3 Å². The van der Waals surface area contributed by atoms with Crippen molar-refractivity contribution < 1.29 is 17.9 Å². The van der Waals surface area contributed by atoms with Gasteiger partial charge in [0.15, 0.2) is 5.79 Å². The van der Waals surface area contributed by atoms with Gasteiger partial charge in [0, 0.05) is 25.4 Å². The van der Waals surface area contributed by atoms with Gasteiger partial charge < -0.3 is 9.47 Å². The highest BCUT2D eigenvalue weighted by Gasteiger charge is 2.40. The molecular weight excluding hydrogens is 350 g/mol. The third-order valence-electron chi connectivity index (χ3n) is 5.77. The van der Waals surface area contributed by atoms with Gasteiger partial charge in [-0.05, 0) is 44.7 Å². The monoisotopic (exact) mass is 377 g/mol. The molecule has 1 aromatic rings. The summed E-state index contributed by atoms with van der Waals surface area (Å²) in [6.07, 6.45) is 7.60. The summed E-state index contributed by atoms with van der Waals surface area (Å²) in [5, 5.41) is 0. The van der Waals surface area contributed by atoms with E-state index < -0.39 is 10.0 Å². The van der Waals surface area contributed by atoms with E-state index in [0.717, 1.165) is 44.1 Å². The molecule has 0 radical (unpaired) electrons. The number of aryl methyl sites for hydroxylation is 1. The molecule has 0 bridgehead atoms. The Kier molecular flexibility index (Phi) is 4.94. The zero-order valence-corrected chi connectivity index (χ0v) is 16.1. The van der Waals surface area contributed by atoms with E-state index >= 15 is 0 Å². The fourth-order valence-corrected chi connectivity index (χ4v) is 5.90. The number of sulfonamides is 1. The molecule has 2 saturated heterocycles. The molecule has 26 heavy (non-hydrogen) atoms. The van der Waals surface area contributed by atoms with Crippen molar-refractivity contribution in [1.82, 2.24) is 4.31 Å². The van der Waals surface area contributed by atoms with Crippen molar-refractivity contribution >= 4 is 10.0 Å². The van der Waals surface area contributed by atoms with Crippen LogP contribution in [0.1, 0.15) is 44.1 Å². The minimum absolute atomic E-state index is 0.0317. The van der Waals surface area contributed by atoms with Crippen molar-refractivity contribution in [3.8, 4) is 0 Å². The van der Waals surface area contributed by atoms with E-state index in [1.165, 1.54) is 5.57 Å². The fraction of sp³-hybridized carbons (Fsp3) is 0.600. The number of rotatable bonds is 3. The maximum Gasteiger partial charge on any atom is 0.243 e. The Morgan fingerprint density at radius 2 is 1.77 bits per heavy atom. The van der Waals surface area contributed by atoms with Gasteiger partial charge in [0.2, 0.25) is 10.0 Å². The Labute approximate surface area is 156 Å². The highest BCUT2D eigenvalue weighted by Crippen LogP contribution is 2.39. The summed E-state index contributed by atoms with van der Waals surface area (Å²) in [4.78, 5) is 0.392. The van der Waals surface area contributed by atoms with E-state index in [4.69, 9.17) is 9.47 Å². The van der Waals surface area contributed by atoms with Crippen molar-refractivity contribution in [3.63, 3.8) is 0 Å². The summed E-state index contributed by atoms with van der Waals surface area (Å²) in [5.41, 5.74) is 2.40. The summed E-state index contributed by atoms with van der Waals surface area (Å²) in [5.74, 6) is -0.374. The lowest BCUT2D eigenvalue weighted by Gasteiger charge is -2.33. The first kappa shape index (κ1) is 18.2. The molecule has 5 nitrogen and oxygen atoms in total. The number of hydrogen-bond acceptors (Lipinski definition) is 4. The third-order valence-corrected chi connectivity index (χ3v) is 7.71. The van der Waals surface area contributed by atoms with Crippen LogP contribution in [0.25, 0.3) is 0 Å². The molecule has 0 amide bonds. The predicted octanol–water partition coefficient (Wildman–Crippen LogP) is 3.39. The Hall–Kier alpha value is -1.21. The van der Waals surface area contributed by atoms with Gasteiger partial charge in [-0.2, -0.15) is 4.31 Å². The first-order valence-electron chi connectivity index (χ1n) is 9.55. The average molecular weight is 378 g/mol. The average Bonchev–Trinajstić information content (AvgIpc) is 3.28. The predicted molar refractivity (Wildman–Crippen MR) is 99.3 cm³/mol. The van der Waals surface area contributed by atoms with Crippen LogP contribution in [0, 0.1) is 6.92 Å². The fourth-order valence-electron chi connectivity index (χ4n) is 4.25. The molecule has 1 spiro atoms. The molecule has 2 aliphatic heterocycles. The molecule has 3 fully saturated rings. The van der Waals surface area contributed by atoms with Gasteiger partial charge in [0.25, 0.3) is 0 Å². The van der Waals surface area contributed by atoms with Crippen LogP contribution >= 0.6 is 0 Å². The Morgan fingerprint density at radius 3 is 2.42 bits per heavy atom. The Morgan fingerprint density at radius 1 is 1.12 bits per heavy atom. The summed E-state index contributed by atoms with van der Waals surface area (Å²) >= 11 is 0. The lowest BCUT2D eigenvalue weighted by Crippen LogP contribution is -2.36. The SMILES string of the molecule is Cc1ccc(S(=O)(=O)N2CCC[C@H]2C=C2CCC3(CC2)OCCO3)cc1. The number of allylic oxidation sites excluding steroid dienone is 1. The smallest absolute Gasteiger partial charge is 0.243 e. The quantitative estimate of drug-likeness (QED) is 0.758. The van der Waals surface area contributed by atoms with Crippen molar-refractivity contribution in [2.45, 2.75) is 62.2 Å². The second-order valence-corrected chi connectivity index (χ2v) is 9.46. The molecule has 1 aliphatic carbocycles. The van der Waals surface area contributed by atoms with E-state index in [0.29, 0.717) is 24.7 Å². The van der Waals surface area contributed by atoms with E-state index in [-0.39, 0.29) is 11.8 Å². The maximum atomic E-state index is 13.1. The minimum atomic E-state index is -3.44. The molecule has 3 aliphatic rings. The van der Waals surface area contributed by atoms with Crippen molar-refractivity contribution in [3.05, 3.63) is 41.5 Å². The van der Waals surface area contributed by atoms with Crippen LogP contribution in [-0.2, 0) is 19.5 Å². The molecule has 6 heteroatoms. The lowest BCUT2D eigenvalue weighted by atomic mass is 9.88. The first-order valence-corrected chi connectivity index (χ1v) is 11.0. The third kappa shape index (κ3) is 3.48. The first-order chi connectivity index (χ1) is 12.5. The lowest BCUT2D eigenvalue weighted by molar-refractivity contribution is -0.171. The zero-order valence-electron chi connectivity index (χ0n) is 15.3. The second kappa shape index (κ2) is 7.08. The highest BCUT2D eigenvalue weighted by atomic mass is 32.2. The molecule has 1 atom stereocenters. The van der Waals surface area contributed by atoms with Gasteiger partial charge in [-0.25, -0.2) is 8.42 Å². The number of benzene rings is 1. The Balaban J connectivity index is 1.49. The number of hydrogen-bond donors (Lipinski definition) is 0. The van der Waals surface area contributed by atoms with Gasteiger partial charge in [-0.3, -0.25) is 0 Å². The second-order valence-electron chi connectivity index (χ2n) is 7.57. The molecule has 1 aromatic carbocycles. The summed E-state index contributed by atoms with van der Waals surface area (Å²) in [6.45, 7) is 3.93. The van der Waals surface area contributed by atoms with Gasteiger partial charge in [0.05, 0.1) is 18.1 Å². The summed E-state index contributed by atoms with van der Waals surface area (Å²) in [6, 6.07) is 7.12. The topological polar surface area (TPSA) is 55.8 Å². The molecule has 2 heterocycles. The van der Waals surface area contributed by atoms with Crippen LogP contribution in [0.15, 0.2) is 40.8 Å². The highest BCUT2D eigenvalue weighted by molar-refractivity contribution is 7.89. The minimum Gasteiger partial charge on any atom is -0.348 e. The normalized spacial score (nSPS) is 26.5. The molecular formula is C20H27NO4S. The standard InChI is InChI=1S/C20H27NO4S/c1-16-4-6-19(7-5-16)26(22,23)21-12-2-3-18(21)15-17-8-10-20(11-9-17)24-13-14-25-20/h4-7,15,18H,2-3,8-14H2,1H3/t18-/m0/s1. The van der Waals surface area contributed by atoms with E-state index in [1.54, 1.807) is 16.4 Å². The number of nitrogens with zero attached hydrogens (tertiary/aromatic N) is 1. The molecule has 4 rings (SSSR count). The zero-order chi connectivity index (χ0) is 18.2. The molecule has 0 aromatic heterocycles. The van der Waals surface area contributed by atoms with E-state index in [2.05, 4.69) is 6.08 Å². The van der Waals surface area contributed by atoms with Crippen LogP contribution < -0.4 is 0 Å². The Bertz CT molecular complexity index is 767.